The van der Waals surface area contributed by atoms with Crippen LogP contribution in [0.4, 0.5) is 0 Å². The van der Waals surface area contributed by atoms with Crippen molar-refractivity contribution in [1.29, 1.82) is 0 Å². The van der Waals surface area contributed by atoms with E-state index in [1.54, 1.807) is 0 Å². The van der Waals surface area contributed by atoms with Gasteiger partial charge in [0.1, 0.15) is 0 Å². The van der Waals surface area contributed by atoms with E-state index in [1.165, 1.54) is 0 Å². The summed E-state index contributed by atoms with van der Waals surface area (Å²) < 4.78 is 6.34. The Hall–Kier alpha value is 0.634. The van der Waals surface area contributed by atoms with Crippen molar-refractivity contribution in [3.63, 3.8) is 0 Å². The molecule has 0 aliphatic heterocycles. The predicted octanol–water partition coefficient (Wildman–Crippen LogP) is 0.707. The SMILES string of the molecule is NCCCCOC[CH2][Ti]. The zero-order valence-corrected chi connectivity index (χ0v) is 7.29. The quantitative estimate of drug-likeness (QED) is 0.463. The molecule has 0 atom stereocenters. The first-order valence-corrected chi connectivity index (χ1v) is 4.44. The van der Waals surface area contributed by atoms with E-state index in [-0.39, 0.29) is 0 Å². The molecule has 3 heteroatoms. The fourth-order valence-corrected chi connectivity index (χ4v) is 0.748. The van der Waals surface area contributed by atoms with Crippen molar-refractivity contribution in [3.05, 3.63) is 0 Å². The molecule has 0 aromatic rings. The van der Waals surface area contributed by atoms with Crippen LogP contribution >= 0.6 is 0 Å². The molecule has 0 aromatic heterocycles. The van der Waals surface area contributed by atoms with E-state index >= 15 is 0 Å². The Kier molecular flexibility index (Phi) is 9.24. The monoisotopic (exact) mass is 164 g/mol. The van der Waals surface area contributed by atoms with Crippen molar-refractivity contribution in [2.24, 2.45) is 5.73 Å². The minimum atomic E-state index is 0.787. The third kappa shape index (κ3) is 8.63. The number of hydrogen-bond acceptors (Lipinski definition) is 2. The third-order valence-corrected chi connectivity index (χ3v) is 1.31. The zero-order valence-electron chi connectivity index (χ0n) is 5.73. The van der Waals surface area contributed by atoms with Crippen LogP contribution in [0.3, 0.4) is 0 Å². The van der Waals surface area contributed by atoms with E-state index in [4.69, 9.17) is 10.5 Å². The molecule has 0 saturated heterocycles. The van der Waals surface area contributed by atoms with Crippen molar-refractivity contribution >= 4 is 0 Å². The van der Waals surface area contributed by atoms with Gasteiger partial charge in [-0.25, -0.2) is 0 Å². The Balaban J connectivity index is 2.60. The molecular formula is C6H14NOTi. The average Bonchev–Trinajstić information content (AvgIpc) is 1.89. The van der Waals surface area contributed by atoms with Crippen LogP contribution in [0, 0.1) is 0 Å². The van der Waals surface area contributed by atoms with Gasteiger partial charge in [0.05, 0.1) is 0 Å². The standard InChI is InChI=1S/C6H14NO.Ti/c1-2-8-6-4-3-5-7;/h1-7H2;. The molecule has 0 aliphatic rings. The van der Waals surface area contributed by atoms with Crippen LogP contribution in [0.25, 0.3) is 0 Å². The van der Waals surface area contributed by atoms with Crippen molar-refractivity contribution in [2.75, 3.05) is 19.8 Å². The molecule has 0 heterocycles. The van der Waals surface area contributed by atoms with Gasteiger partial charge in [-0.1, -0.05) is 0 Å². The molecule has 0 saturated carbocycles. The van der Waals surface area contributed by atoms with Crippen molar-refractivity contribution in [2.45, 2.75) is 17.6 Å². The van der Waals surface area contributed by atoms with Gasteiger partial charge in [0.2, 0.25) is 0 Å². The predicted molar refractivity (Wildman–Crippen MR) is 33.9 cm³/mol. The van der Waals surface area contributed by atoms with Crippen LogP contribution in [-0.4, -0.2) is 19.8 Å². The number of nitrogens with two attached hydrogens (primary N) is 1. The summed E-state index contributed by atoms with van der Waals surface area (Å²) in [6.45, 7) is 2.56. The normalized spacial score (nSPS) is 9.78. The van der Waals surface area contributed by atoms with E-state index < -0.39 is 0 Å². The maximum absolute atomic E-state index is 5.29. The van der Waals surface area contributed by atoms with Gasteiger partial charge in [-0.2, -0.15) is 0 Å². The van der Waals surface area contributed by atoms with Crippen molar-refractivity contribution in [3.8, 4) is 0 Å². The second-order valence-corrected chi connectivity index (χ2v) is 2.64. The van der Waals surface area contributed by atoms with E-state index in [0.29, 0.717) is 0 Å². The molecule has 0 bridgehead atoms. The van der Waals surface area contributed by atoms with Crippen LogP contribution in [0.1, 0.15) is 12.8 Å². The average molecular weight is 164 g/mol. The topological polar surface area (TPSA) is 35.2 Å². The Morgan fingerprint density at radius 2 is 2.00 bits per heavy atom. The summed E-state index contributed by atoms with van der Waals surface area (Å²) in [5.41, 5.74) is 5.29. The fourth-order valence-electron chi connectivity index (χ4n) is 0.523. The van der Waals surface area contributed by atoms with Crippen molar-refractivity contribution < 1.29 is 25.2 Å². The molecule has 0 aromatic carbocycles. The molecule has 9 heavy (non-hydrogen) atoms. The Labute approximate surface area is 68.5 Å². The van der Waals surface area contributed by atoms with Crippen LogP contribution in [0.5, 0.6) is 0 Å². The van der Waals surface area contributed by atoms with Gasteiger partial charge < -0.3 is 0 Å². The van der Waals surface area contributed by atoms with Crippen LogP contribution in [0.2, 0.25) is 4.73 Å². The molecule has 0 rings (SSSR count). The summed E-state index contributed by atoms with van der Waals surface area (Å²) in [5, 5.41) is 0. The first-order valence-electron chi connectivity index (χ1n) is 3.34. The summed E-state index contributed by atoms with van der Waals surface area (Å²) in [6, 6.07) is 0. The van der Waals surface area contributed by atoms with Gasteiger partial charge in [-0.15, -0.1) is 0 Å². The molecular weight excluding hydrogens is 150 g/mol. The minimum absolute atomic E-state index is 0.787. The number of unbranched alkanes of at least 4 members (excludes halogenated alkanes) is 1. The van der Waals surface area contributed by atoms with Gasteiger partial charge >= 0.3 is 68.2 Å². The fraction of sp³-hybridized carbons (Fsp3) is 1.00. The summed E-state index contributed by atoms with van der Waals surface area (Å²) in [7, 11) is 0. The van der Waals surface area contributed by atoms with Crippen LogP contribution in [0.15, 0.2) is 0 Å². The van der Waals surface area contributed by atoms with Crippen molar-refractivity contribution in [1.82, 2.24) is 0 Å². The van der Waals surface area contributed by atoms with Gasteiger partial charge in [-0.05, 0) is 0 Å². The summed E-state index contributed by atoms with van der Waals surface area (Å²) >= 11 is 2.11. The number of rotatable bonds is 6. The second-order valence-electron chi connectivity index (χ2n) is 1.86. The molecule has 0 amide bonds. The maximum atomic E-state index is 5.29. The Bertz CT molecular complexity index is 46.3. The van der Waals surface area contributed by atoms with Crippen LogP contribution in [-0.2, 0) is 25.2 Å². The summed E-state index contributed by atoms with van der Waals surface area (Å²) in [4.78, 5) is 0. The van der Waals surface area contributed by atoms with Crippen LogP contribution < -0.4 is 5.73 Å². The van der Waals surface area contributed by atoms with Gasteiger partial charge in [0, 0.05) is 0 Å². The van der Waals surface area contributed by atoms with Gasteiger partial charge in [0.15, 0.2) is 0 Å². The summed E-state index contributed by atoms with van der Waals surface area (Å²) in [6.07, 6.45) is 2.19. The second kappa shape index (κ2) is 8.63. The first kappa shape index (κ1) is 9.63. The third-order valence-electron chi connectivity index (χ3n) is 0.989. The van der Waals surface area contributed by atoms with E-state index in [9.17, 15) is 0 Å². The zero-order chi connectivity index (χ0) is 6.95. The molecule has 0 aliphatic carbocycles. The Morgan fingerprint density at radius 3 is 2.56 bits per heavy atom. The van der Waals surface area contributed by atoms with Gasteiger partial charge in [0.25, 0.3) is 0 Å². The summed E-state index contributed by atoms with van der Waals surface area (Å²) in [5.74, 6) is 0. The molecule has 2 N–H and O–H groups in total. The number of ether oxygens (including phenoxy) is 1. The Morgan fingerprint density at radius 1 is 1.22 bits per heavy atom. The molecule has 2 nitrogen and oxygen atoms in total. The molecule has 0 radical (unpaired) electrons. The molecule has 0 spiro atoms. The van der Waals surface area contributed by atoms with E-state index in [0.717, 1.165) is 37.3 Å². The first-order chi connectivity index (χ1) is 4.41. The van der Waals surface area contributed by atoms with E-state index in [1.807, 2.05) is 0 Å². The molecule has 0 fully saturated rings. The van der Waals surface area contributed by atoms with Gasteiger partial charge in [-0.3, -0.25) is 0 Å². The molecule has 0 unspecified atom stereocenters. The molecule has 53 valence electrons. The van der Waals surface area contributed by atoms with E-state index in [2.05, 4.69) is 20.4 Å². The number of hydrogen-bond donors (Lipinski definition) is 1.